The van der Waals surface area contributed by atoms with Crippen molar-refractivity contribution in [3.63, 3.8) is 0 Å². The van der Waals surface area contributed by atoms with Gasteiger partial charge in [-0.1, -0.05) is 18.2 Å². The molecule has 7 heteroatoms. The number of para-hydroxylation sites is 1. The lowest BCUT2D eigenvalue weighted by Crippen LogP contribution is -2.22. The molecule has 2 aromatic heterocycles. The summed E-state index contributed by atoms with van der Waals surface area (Å²) in [4.78, 5) is 12.4. The molecular weight excluding hydrogens is 306 g/mol. The zero-order valence-corrected chi connectivity index (χ0v) is 13.3. The van der Waals surface area contributed by atoms with Gasteiger partial charge in [0.05, 0.1) is 24.5 Å². The minimum absolute atomic E-state index is 0.117. The first-order valence-electron chi connectivity index (χ1n) is 8.09. The number of amides is 1. The number of fused-ring (bicyclic) bond motifs is 1. The molecule has 0 aliphatic carbocycles. The topological polar surface area (TPSA) is 74.0 Å². The predicted octanol–water partition coefficient (Wildman–Crippen LogP) is 1.91. The monoisotopic (exact) mass is 325 g/mol. The summed E-state index contributed by atoms with van der Waals surface area (Å²) in [5.41, 5.74) is 0.948. The number of anilines is 1. The van der Waals surface area contributed by atoms with Crippen LogP contribution in [0.1, 0.15) is 6.42 Å². The van der Waals surface area contributed by atoms with Crippen LogP contribution in [-0.4, -0.2) is 38.7 Å². The number of carbonyl (C=O) groups is 1. The molecule has 0 spiro atoms. The molecule has 1 amide bonds. The van der Waals surface area contributed by atoms with Gasteiger partial charge in [0.1, 0.15) is 12.4 Å². The van der Waals surface area contributed by atoms with E-state index >= 15 is 0 Å². The van der Waals surface area contributed by atoms with Crippen molar-refractivity contribution in [1.29, 1.82) is 0 Å². The third-order valence-electron chi connectivity index (χ3n) is 4.28. The summed E-state index contributed by atoms with van der Waals surface area (Å²) in [5.74, 6) is 1.05. The maximum Gasteiger partial charge on any atom is 0.247 e. The summed E-state index contributed by atoms with van der Waals surface area (Å²) >= 11 is 0. The molecule has 1 fully saturated rings. The standard InChI is InChI=1S/C17H19N5O2/c23-17(11-21-15-4-2-1-3-14(15)9-19-21)20-16-5-7-18-22(16)10-13-6-8-24-12-13/h1-5,7,9,13H,6,8,10-12H2,(H,20,23)/t13-/m0/s1. The zero-order valence-electron chi connectivity index (χ0n) is 13.3. The van der Waals surface area contributed by atoms with Gasteiger partial charge in [0, 0.05) is 30.5 Å². The van der Waals surface area contributed by atoms with Crippen LogP contribution in [0.2, 0.25) is 0 Å². The molecule has 1 N–H and O–H groups in total. The van der Waals surface area contributed by atoms with Crippen LogP contribution in [0.4, 0.5) is 5.82 Å². The summed E-state index contributed by atoms with van der Waals surface area (Å²) in [6.07, 6.45) is 4.51. The van der Waals surface area contributed by atoms with E-state index in [1.54, 1.807) is 17.1 Å². The van der Waals surface area contributed by atoms with Gasteiger partial charge >= 0.3 is 0 Å². The van der Waals surface area contributed by atoms with E-state index in [1.807, 2.05) is 35.0 Å². The number of benzene rings is 1. The highest BCUT2D eigenvalue weighted by Crippen LogP contribution is 2.17. The summed E-state index contributed by atoms with van der Waals surface area (Å²) in [5, 5.41) is 12.5. The van der Waals surface area contributed by atoms with Crippen LogP contribution in [0.15, 0.2) is 42.7 Å². The van der Waals surface area contributed by atoms with Crippen LogP contribution in [0.3, 0.4) is 0 Å². The van der Waals surface area contributed by atoms with Crippen molar-refractivity contribution in [3.8, 4) is 0 Å². The van der Waals surface area contributed by atoms with Gasteiger partial charge in [0.2, 0.25) is 5.91 Å². The normalized spacial score (nSPS) is 17.4. The fourth-order valence-corrected chi connectivity index (χ4v) is 3.03. The van der Waals surface area contributed by atoms with Crippen molar-refractivity contribution in [2.75, 3.05) is 18.5 Å². The molecule has 0 bridgehead atoms. The number of nitrogens with one attached hydrogen (secondary N) is 1. The highest BCUT2D eigenvalue weighted by molar-refractivity contribution is 5.90. The second-order valence-electron chi connectivity index (χ2n) is 6.04. The van der Waals surface area contributed by atoms with E-state index in [9.17, 15) is 4.79 Å². The number of aromatic nitrogens is 4. The maximum absolute atomic E-state index is 12.4. The van der Waals surface area contributed by atoms with Crippen molar-refractivity contribution in [2.45, 2.75) is 19.5 Å². The van der Waals surface area contributed by atoms with E-state index in [4.69, 9.17) is 4.74 Å². The Bertz CT molecular complexity index is 847. The van der Waals surface area contributed by atoms with Crippen LogP contribution in [0, 0.1) is 5.92 Å². The lowest BCUT2D eigenvalue weighted by molar-refractivity contribution is -0.116. The number of hydrogen-bond acceptors (Lipinski definition) is 4. The van der Waals surface area contributed by atoms with Gasteiger partial charge in [-0.15, -0.1) is 0 Å². The molecule has 4 rings (SSSR count). The molecule has 1 atom stereocenters. The third kappa shape index (κ3) is 3.03. The fraction of sp³-hybridized carbons (Fsp3) is 0.353. The predicted molar refractivity (Wildman–Crippen MR) is 89.5 cm³/mol. The molecule has 1 saturated heterocycles. The third-order valence-corrected chi connectivity index (χ3v) is 4.28. The minimum atomic E-state index is -0.117. The molecule has 1 aliphatic rings. The Labute approximate surface area is 139 Å². The molecule has 3 heterocycles. The molecular formula is C17H19N5O2. The van der Waals surface area contributed by atoms with Crippen LogP contribution in [-0.2, 0) is 22.6 Å². The Morgan fingerprint density at radius 1 is 1.25 bits per heavy atom. The summed E-state index contributed by atoms with van der Waals surface area (Å²) in [6, 6.07) is 9.65. The molecule has 0 radical (unpaired) electrons. The number of ether oxygens (including phenoxy) is 1. The van der Waals surface area contributed by atoms with E-state index in [-0.39, 0.29) is 12.5 Å². The summed E-state index contributed by atoms with van der Waals surface area (Å²) < 4.78 is 8.93. The van der Waals surface area contributed by atoms with Crippen LogP contribution < -0.4 is 5.32 Å². The Hall–Kier alpha value is -2.67. The van der Waals surface area contributed by atoms with E-state index in [0.717, 1.165) is 37.1 Å². The minimum Gasteiger partial charge on any atom is -0.381 e. The van der Waals surface area contributed by atoms with E-state index in [2.05, 4.69) is 15.5 Å². The largest absolute Gasteiger partial charge is 0.381 e. The van der Waals surface area contributed by atoms with Gasteiger partial charge < -0.3 is 10.1 Å². The SMILES string of the molecule is O=C(Cn1ncc2ccccc21)Nc1ccnn1C[C@@H]1CCOC1. The molecule has 3 aromatic rings. The molecule has 1 aromatic carbocycles. The van der Waals surface area contributed by atoms with Gasteiger partial charge in [0.15, 0.2) is 0 Å². The van der Waals surface area contributed by atoms with Crippen molar-refractivity contribution in [3.05, 3.63) is 42.7 Å². The lowest BCUT2D eigenvalue weighted by Gasteiger charge is -2.12. The molecule has 124 valence electrons. The fourth-order valence-electron chi connectivity index (χ4n) is 3.03. The van der Waals surface area contributed by atoms with Crippen molar-refractivity contribution in [1.82, 2.24) is 19.6 Å². The smallest absolute Gasteiger partial charge is 0.247 e. The van der Waals surface area contributed by atoms with Gasteiger partial charge in [-0.25, -0.2) is 4.68 Å². The van der Waals surface area contributed by atoms with Crippen LogP contribution in [0.25, 0.3) is 10.9 Å². The Morgan fingerprint density at radius 3 is 3.04 bits per heavy atom. The van der Waals surface area contributed by atoms with Crippen molar-refractivity contribution < 1.29 is 9.53 Å². The van der Waals surface area contributed by atoms with Gasteiger partial charge in [-0.05, 0) is 12.5 Å². The molecule has 1 aliphatic heterocycles. The maximum atomic E-state index is 12.4. The molecule has 24 heavy (non-hydrogen) atoms. The van der Waals surface area contributed by atoms with Gasteiger partial charge in [0.25, 0.3) is 0 Å². The quantitative estimate of drug-likeness (QED) is 0.777. The molecule has 7 nitrogen and oxygen atoms in total. The number of nitrogens with zero attached hydrogens (tertiary/aromatic N) is 4. The van der Waals surface area contributed by atoms with Gasteiger partial charge in [-0.2, -0.15) is 10.2 Å². The highest BCUT2D eigenvalue weighted by Gasteiger charge is 2.18. The average Bonchev–Trinajstić information content (AvgIpc) is 3.31. The average molecular weight is 325 g/mol. The van der Waals surface area contributed by atoms with Crippen LogP contribution >= 0.6 is 0 Å². The van der Waals surface area contributed by atoms with E-state index < -0.39 is 0 Å². The highest BCUT2D eigenvalue weighted by atomic mass is 16.5. The first kappa shape index (κ1) is 14.9. The Balaban J connectivity index is 1.44. The number of hydrogen-bond donors (Lipinski definition) is 1. The Kier molecular flexibility index (Phi) is 4.00. The first-order valence-corrected chi connectivity index (χ1v) is 8.09. The second kappa shape index (κ2) is 6.45. The summed E-state index contributed by atoms with van der Waals surface area (Å²) in [7, 11) is 0. The number of rotatable bonds is 5. The van der Waals surface area contributed by atoms with Crippen molar-refractivity contribution >= 4 is 22.6 Å². The lowest BCUT2D eigenvalue weighted by atomic mass is 10.1. The molecule has 0 saturated carbocycles. The second-order valence-corrected chi connectivity index (χ2v) is 6.04. The number of carbonyl (C=O) groups excluding carboxylic acids is 1. The Morgan fingerprint density at radius 2 is 2.17 bits per heavy atom. The van der Waals surface area contributed by atoms with E-state index in [0.29, 0.717) is 11.7 Å². The van der Waals surface area contributed by atoms with Crippen molar-refractivity contribution in [2.24, 2.45) is 5.92 Å². The van der Waals surface area contributed by atoms with Crippen LogP contribution in [0.5, 0.6) is 0 Å². The molecule has 0 unspecified atom stereocenters. The first-order chi connectivity index (χ1) is 11.8. The summed E-state index contributed by atoms with van der Waals surface area (Å²) in [6.45, 7) is 2.49. The zero-order chi connectivity index (χ0) is 16.4. The van der Waals surface area contributed by atoms with E-state index in [1.165, 1.54) is 0 Å². The van der Waals surface area contributed by atoms with Gasteiger partial charge in [-0.3, -0.25) is 9.48 Å².